The van der Waals surface area contributed by atoms with Crippen molar-refractivity contribution in [3.8, 4) is 11.5 Å². The van der Waals surface area contributed by atoms with Crippen LogP contribution in [0.1, 0.15) is 12.0 Å². The Labute approximate surface area is 186 Å². The number of halogens is 1. The maximum Gasteiger partial charge on any atom is 0.155 e. The predicted molar refractivity (Wildman–Crippen MR) is 121 cm³/mol. The van der Waals surface area contributed by atoms with Crippen molar-refractivity contribution in [3.05, 3.63) is 65.9 Å². The first-order valence-electron chi connectivity index (χ1n) is 10.3. The van der Waals surface area contributed by atoms with Crippen LogP contribution in [0.15, 0.2) is 64.6 Å². The Morgan fingerprint density at radius 3 is 2.81 bits per heavy atom. The third-order valence-corrected chi connectivity index (χ3v) is 5.63. The van der Waals surface area contributed by atoms with Gasteiger partial charge in [0.25, 0.3) is 0 Å². The minimum Gasteiger partial charge on any atom is -0.454 e. The van der Waals surface area contributed by atoms with Gasteiger partial charge in [-0.05, 0) is 55.3 Å². The van der Waals surface area contributed by atoms with Gasteiger partial charge >= 0.3 is 0 Å². The molecular formula is C23H25ClN4O3. The Morgan fingerprint density at radius 2 is 1.97 bits per heavy atom. The lowest BCUT2D eigenvalue weighted by molar-refractivity contribution is 0.0375. The molecule has 4 heterocycles. The molecule has 0 saturated carbocycles. The number of fused-ring (bicyclic) bond motifs is 2. The zero-order valence-electron chi connectivity index (χ0n) is 17.1. The molecule has 0 spiro atoms. The molecule has 0 unspecified atom stereocenters. The molecule has 5 rings (SSSR count). The van der Waals surface area contributed by atoms with E-state index in [-0.39, 0.29) is 12.4 Å². The fourth-order valence-electron chi connectivity index (χ4n) is 3.98. The average molecular weight is 441 g/mol. The zero-order valence-corrected chi connectivity index (χ0v) is 17.9. The van der Waals surface area contributed by atoms with Crippen LogP contribution in [-0.4, -0.2) is 52.3 Å². The van der Waals surface area contributed by atoms with E-state index in [1.165, 1.54) is 5.56 Å². The summed E-state index contributed by atoms with van der Waals surface area (Å²) >= 11 is 0. The summed E-state index contributed by atoms with van der Waals surface area (Å²) in [5, 5.41) is 14.4. The monoisotopic (exact) mass is 440 g/mol. The van der Waals surface area contributed by atoms with Crippen molar-refractivity contribution >= 4 is 28.9 Å². The molecule has 0 aliphatic carbocycles. The fraction of sp³-hybridized carbons (Fsp3) is 0.304. The molecule has 8 heteroatoms. The standard InChI is InChI=1S/C23H24N4O3.ClH/c28-25-20-15-23(21-14-18-4-2-8-27(18)16-24-21)30-22-6-5-17(13-19(20)22)3-1-7-26-9-11-29-12-10-26;/h2,4-6,8,13-16,28H,1,3,7,9-12H2;1H/b25-20-;. The Morgan fingerprint density at radius 1 is 1.10 bits per heavy atom. The topological polar surface area (TPSA) is 75.5 Å². The molecule has 7 nitrogen and oxygen atoms in total. The van der Waals surface area contributed by atoms with Gasteiger partial charge in [-0.2, -0.15) is 0 Å². The number of benzene rings is 1. The van der Waals surface area contributed by atoms with Crippen LogP contribution in [0, 0.1) is 0 Å². The second kappa shape index (κ2) is 9.51. The minimum absolute atomic E-state index is 0. The van der Waals surface area contributed by atoms with E-state index in [0.717, 1.165) is 56.6 Å². The highest BCUT2D eigenvalue weighted by atomic mass is 35.5. The zero-order chi connectivity index (χ0) is 20.3. The average Bonchev–Trinajstić information content (AvgIpc) is 3.27. The first-order chi connectivity index (χ1) is 14.8. The van der Waals surface area contributed by atoms with Crippen LogP contribution in [-0.2, 0) is 11.2 Å². The van der Waals surface area contributed by atoms with Crippen molar-refractivity contribution in [2.24, 2.45) is 5.16 Å². The van der Waals surface area contributed by atoms with Crippen LogP contribution in [0.2, 0.25) is 0 Å². The molecule has 162 valence electrons. The van der Waals surface area contributed by atoms with Crippen molar-refractivity contribution in [3.63, 3.8) is 0 Å². The van der Waals surface area contributed by atoms with Crippen LogP contribution >= 0.6 is 12.4 Å². The molecule has 0 atom stereocenters. The summed E-state index contributed by atoms with van der Waals surface area (Å²) in [5.41, 5.74) is 3.60. The maximum atomic E-state index is 9.62. The van der Waals surface area contributed by atoms with Gasteiger partial charge < -0.3 is 18.8 Å². The lowest BCUT2D eigenvalue weighted by atomic mass is 10.1. The van der Waals surface area contributed by atoms with Crippen molar-refractivity contribution in [2.75, 3.05) is 32.8 Å². The summed E-state index contributed by atoms with van der Waals surface area (Å²) in [4.78, 5) is 6.91. The summed E-state index contributed by atoms with van der Waals surface area (Å²) in [7, 11) is 0. The molecule has 1 N–H and O–H groups in total. The van der Waals surface area contributed by atoms with Gasteiger partial charge in [0, 0.05) is 36.3 Å². The van der Waals surface area contributed by atoms with Crippen LogP contribution in [0.3, 0.4) is 0 Å². The molecule has 1 aliphatic rings. The third kappa shape index (κ3) is 4.58. The molecule has 0 amide bonds. The number of aromatic nitrogens is 2. The van der Waals surface area contributed by atoms with Crippen molar-refractivity contribution in [1.29, 1.82) is 0 Å². The summed E-state index contributed by atoms with van der Waals surface area (Å²) in [6.45, 7) is 4.74. The first-order valence-corrected chi connectivity index (χ1v) is 10.3. The van der Waals surface area contributed by atoms with Gasteiger partial charge in [0.15, 0.2) is 5.76 Å². The second-order valence-corrected chi connectivity index (χ2v) is 7.60. The summed E-state index contributed by atoms with van der Waals surface area (Å²) in [5.74, 6) is 0.569. The van der Waals surface area contributed by atoms with Crippen LogP contribution in [0.4, 0.5) is 0 Å². The second-order valence-electron chi connectivity index (χ2n) is 7.60. The van der Waals surface area contributed by atoms with Gasteiger partial charge in [-0.25, -0.2) is 4.98 Å². The van der Waals surface area contributed by atoms with Crippen LogP contribution < -0.4 is 5.36 Å². The highest BCUT2D eigenvalue weighted by molar-refractivity contribution is 5.85. The Kier molecular flexibility index (Phi) is 6.56. The Balaban J connectivity index is 0.00000231. The molecule has 0 radical (unpaired) electrons. The van der Waals surface area contributed by atoms with Gasteiger partial charge in [0.1, 0.15) is 16.6 Å². The molecule has 0 bridgehead atoms. The first kappa shape index (κ1) is 21.4. The van der Waals surface area contributed by atoms with Crippen molar-refractivity contribution < 1.29 is 14.4 Å². The van der Waals surface area contributed by atoms with Crippen molar-refractivity contribution in [2.45, 2.75) is 12.8 Å². The van der Waals surface area contributed by atoms with Gasteiger partial charge in [-0.15, -0.1) is 12.4 Å². The highest BCUT2D eigenvalue weighted by Crippen LogP contribution is 2.23. The number of ether oxygens (including phenoxy) is 1. The Hall–Kier alpha value is -2.87. The number of rotatable bonds is 5. The lowest BCUT2D eigenvalue weighted by Crippen LogP contribution is -2.36. The van der Waals surface area contributed by atoms with E-state index >= 15 is 0 Å². The van der Waals surface area contributed by atoms with E-state index in [9.17, 15) is 5.21 Å². The third-order valence-electron chi connectivity index (χ3n) is 5.63. The molecule has 3 aromatic heterocycles. The highest BCUT2D eigenvalue weighted by Gasteiger charge is 2.11. The van der Waals surface area contributed by atoms with E-state index in [1.807, 2.05) is 34.9 Å². The van der Waals surface area contributed by atoms with E-state index in [0.29, 0.717) is 22.4 Å². The van der Waals surface area contributed by atoms with E-state index in [1.54, 1.807) is 12.4 Å². The van der Waals surface area contributed by atoms with E-state index < -0.39 is 0 Å². The summed E-state index contributed by atoms with van der Waals surface area (Å²) in [6, 6.07) is 13.8. The van der Waals surface area contributed by atoms with Gasteiger partial charge in [-0.1, -0.05) is 11.2 Å². The lowest BCUT2D eigenvalue weighted by Gasteiger charge is -2.26. The summed E-state index contributed by atoms with van der Waals surface area (Å²) in [6.07, 6.45) is 5.73. The summed E-state index contributed by atoms with van der Waals surface area (Å²) < 4.78 is 13.4. The van der Waals surface area contributed by atoms with Crippen LogP contribution in [0.5, 0.6) is 0 Å². The SMILES string of the molecule is Cl.O/N=c1/cc(-c2cc3cccn3cn2)oc2ccc(CCCN3CCOCC3)cc12. The quantitative estimate of drug-likeness (QED) is 0.378. The number of morpholine rings is 1. The van der Waals surface area contributed by atoms with E-state index in [4.69, 9.17) is 9.15 Å². The fourth-order valence-corrected chi connectivity index (χ4v) is 3.98. The smallest absolute Gasteiger partial charge is 0.155 e. The number of aryl methyl sites for hydroxylation is 1. The maximum absolute atomic E-state index is 9.62. The largest absolute Gasteiger partial charge is 0.454 e. The van der Waals surface area contributed by atoms with E-state index in [2.05, 4.69) is 27.2 Å². The molecular weight excluding hydrogens is 416 g/mol. The molecule has 4 aromatic rings. The van der Waals surface area contributed by atoms with Crippen LogP contribution in [0.25, 0.3) is 27.9 Å². The normalized spacial score (nSPS) is 15.4. The molecule has 1 aromatic carbocycles. The Bertz CT molecular complexity index is 1240. The number of hydrogen-bond donors (Lipinski definition) is 1. The molecule has 31 heavy (non-hydrogen) atoms. The van der Waals surface area contributed by atoms with Gasteiger partial charge in [-0.3, -0.25) is 4.90 Å². The van der Waals surface area contributed by atoms with Gasteiger partial charge in [0.05, 0.1) is 19.5 Å². The number of hydrogen-bond acceptors (Lipinski definition) is 6. The molecule has 1 fully saturated rings. The minimum atomic E-state index is 0. The molecule has 1 aliphatic heterocycles. The number of nitrogens with zero attached hydrogens (tertiary/aromatic N) is 4. The van der Waals surface area contributed by atoms with Crippen molar-refractivity contribution in [1.82, 2.24) is 14.3 Å². The van der Waals surface area contributed by atoms with Gasteiger partial charge in [0.2, 0.25) is 0 Å². The molecule has 1 saturated heterocycles. The predicted octanol–water partition coefficient (Wildman–Crippen LogP) is 3.72.